The highest BCUT2D eigenvalue weighted by atomic mass is 19.1. The topological polar surface area (TPSA) is 12.5 Å². The SMILES string of the molecule is CCCN(C)c1c(F)ccc(-c2cccc(OC3CCC(C(C)(C)C)CC3)c2)c1F. The van der Waals surface area contributed by atoms with Crippen molar-refractivity contribution < 1.29 is 13.5 Å². The van der Waals surface area contributed by atoms with Crippen molar-refractivity contribution in [3.05, 3.63) is 48.0 Å². The molecular formula is C26H35F2NO. The highest BCUT2D eigenvalue weighted by molar-refractivity contribution is 5.71. The molecule has 0 unspecified atom stereocenters. The predicted molar refractivity (Wildman–Crippen MR) is 121 cm³/mol. The van der Waals surface area contributed by atoms with Crippen LogP contribution >= 0.6 is 0 Å². The Kier molecular flexibility index (Phi) is 7.05. The zero-order valence-electron chi connectivity index (χ0n) is 19.0. The molecule has 0 aromatic heterocycles. The number of nitrogens with zero attached hydrogens (tertiary/aromatic N) is 1. The lowest BCUT2D eigenvalue weighted by Crippen LogP contribution is -2.30. The fourth-order valence-corrected chi connectivity index (χ4v) is 4.54. The third-order valence-corrected chi connectivity index (χ3v) is 6.35. The normalized spacial score (nSPS) is 19.6. The van der Waals surface area contributed by atoms with E-state index < -0.39 is 11.6 Å². The molecule has 0 saturated heterocycles. The minimum atomic E-state index is -0.532. The summed E-state index contributed by atoms with van der Waals surface area (Å²) in [6.07, 6.45) is 5.45. The maximum atomic E-state index is 15.2. The molecule has 0 N–H and O–H groups in total. The second-order valence-electron chi connectivity index (χ2n) is 9.66. The highest BCUT2D eigenvalue weighted by Gasteiger charge is 2.30. The van der Waals surface area contributed by atoms with E-state index in [-0.39, 0.29) is 11.8 Å². The standard InChI is InChI=1S/C26H35F2NO/c1-6-16-29(5)25-23(27)15-14-22(24(25)28)18-8-7-9-21(17-18)30-20-12-10-19(11-13-20)26(2,3)4/h7-9,14-15,17,19-20H,6,10-13,16H2,1-5H3. The molecule has 4 heteroatoms. The first-order chi connectivity index (χ1) is 14.2. The summed E-state index contributed by atoms with van der Waals surface area (Å²) < 4.78 is 35.8. The third-order valence-electron chi connectivity index (χ3n) is 6.35. The maximum Gasteiger partial charge on any atom is 0.157 e. The first-order valence-electron chi connectivity index (χ1n) is 11.2. The summed E-state index contributed by atoms with van der Waals surface area (Å²) >= 11 is 0. The van der Waals surface area contributed by atoms with E-state index in [2.05, 4.69) is 20.8 Å². The van der Waals surface area contributed by atoms with E-state index >= 15 is 4.39 Å². The lowest BCUT2D eigenvalue weighted by Gasteiger charge is -2.37. The van der Waals surface area contributed by atoms with Crippen molar-refractivity contribution in [2.75, 3.05) is 18.5 Å². The molecule has 0 atom stereocenters. The van der Waals surface area contributed by atoms with Crippen LogP contribution in [0.2, 0.25) is 0 Å². The van der Waals surface area contributed by atoms with Gasteiger partial charge in [-0.15, -0.1) is 0 Å². The van der Waals surface area contributed by atoms with Crippen molar-refractivity contribution in [2.45, 2.75) is 65.9 Å². The molecule has 0 amide bonds. The molecule has 0 bridgehead atoms. The Morgan fingerprint density at radius 3 is 2.37 bits per heavy atom. The van der Waals surface area contributed by atoms with Crippen LogP contribution in [0.15, 0.2) is 36.4 Å². The first kappa shape index (κ1) is 22.6. The van der Waals surface area contributed by atoms with E-state index in [0.717, 1.165) is 30.9 Å². The minimum absolute atomic E-state index is 0.0289. The molecule has 2 aromatic carbocycles. The average Bonchev–Trinajstić information content (AvgIpc) is 2.68. The van der Waals surface area contributed by atoms with Gasteiger partial charge in [0.25, 0.3) is 0 Å². The zero-order chi connectivity index (χ0) is 21.9. The fourth-order valence-electron chi connectivity index (χ4n) is 4.54. The van der Waals surface area contributed by atoms with Gasteiger partial charge in [0.05, 0.1) is 6.10 Å². The van der Waals surface area contributed by atoms with E-state index in [0.29, 0.717) is 23.1 Å². The molecule has 0 radical (unpaired) electrons. The van der Waals surface area contributed by atoms with Gasteiger partial charge in [-0.2, -0.15) is 0 Å². The van der Waals surface area contributed by atoms with Gasteiger partial charge < -0.3 is 9.64 Å². The number of rotatable bonds is 6. The molecule has 0 aliphatic heterocycles. The van der Waals surface area contributed by atoms with Crippen molar-refractivity contribution in [3.8, 4) is 16.9 Å². The van der Waals surface area contributed by atoms with Gasteiger partial charge in [0, 0.05) is 19.2 Å². The second-order valence-corrected chi connectivity index (χ2v) is 9.66. The Morgan fingerprint density at radius 2 is 1.73 bits per heavy atom. The molecule has 0 spiro atoms. The molecule has 1 aliphatic carbocycles. The lowest BCUT2D eigenvalue weighted by molar-refractivity contribution is 0.0882. The summed E-state index contributed by atoms with van der Waals surface area (Å²) in [7, 11) is 1.72. The zero-order valence-corrected chi connectivity index (χ0v) is 19.0. The van der Waals surface area contributed by atoms with Crippen molar-refractivity contribution in [1.29, 1.82) is 0 Å². The van der Waals surface area contributed by atoms with Crippen LogP contribution < -0.4 is 9.64 Å². The van der Waals surface area contributed by atoms with Crippen molar-refractivity contribution in [3.63, 3.8) is 0 Å². The van der Waals surface area contributed by atoms with E-state index in [9.17, 15) is 4.39 Å². The summed E-state index contributed by atoms with van der Waals surface area (Å²) in [6.45, 7) is 9.52. The van der Waals surface area contributed by atoms with Gasteiger partial charge in [0.2, 0.25) is 0 Å². The quantitative estimate of drug-likeness (QED) is 0.485. The van der Waals surface area contributed by atoms with Gasteiger partial charge in [0.1, 0.15) is 17.3 Å². The maximum absolute atomic E-state index is 15.2. The molecule has 30 heavy (non-hydrogen) atoms. The van der Waals surface area contributed by atoms with Crippen LogP contribution in [-0.4, -0.2) is 19.7 Å². The molecule has 2 nitrogen and oxygen atoms in total. The van der Waals surface area contributed by atoms with Crippen LogP contribution in [0.5, 0.6) is 5.75 Å². The van der Waals surface area contributed by atoms with Gasteiger partial charge >= 0.3 is 0 Å². The number of anilines is 1. The van der Waals surface area contributed by atoms with Crippen LogP contribution in [0.4, 0.5) is 14.5 Å². The Hall–Kier alpha value is -2.10. The third kappa shape index (κ3) is 5.14. The molecule has 1 fully saturated rings. The molecule has 1 aliphatic rings. The molecule has 1 saturated carbocycles. The van der Waals surface area contributed by atoms with E-state index in [1.165, 1.54) is 25.0 Å². The van der Waals surface area contributed by atoms with Gasteiger partial charge in [-0.25, -0.2) is 8.78 Å². The summed E-state index contributed by atoms with van der Waals surface area (Å²) in [4.78, 5) is 1.64. The monoisotopic (exact) mass is 415 g/mol. The number of halogens is 2. The van der Waals surface area contributed by atoms with Crippen LogP contribution in [-0.2, 0) is 0 Å². The number of hydrogen-bond donors (Lipinski definition) is 0. The minimum Gasteiger partial charge on any atom is -0.490 e. The summed E-state index contributed by atoms with van der Waals surface area (Å²) in [6, 6.07) is 10.4. The molecule has 2 aromatic rings. The summed E-state index contributed by atoms with van der Waals surface area (Å²) in [5.74, 6) is 0.429. The molecular weight excluding hydrogens is 380 g/mol. The molecule has 0 heterocycles. The fraction of sp³-hybridized carbons (Fsp3) is 0.538. The van der Waals surface area contributed by atoms with Gasteiger partial charge in [-0.1, -0.05) is 39.8 Å². The van der Waals surface area contributed by atoms with E-state index in [1.54, 1.807) is 11.9 Å². The van der Waals surface area contributed by atoms with Gasteiger partial charge in [-0.05, 0) is 73.3 Å². The Balaban J connectivity index is 1.77. The first-order valence-corrected chi connectivity index (χ1v) is 11.2. The summed E-state index contributed by atoms with van der Waals surface area (Å²) in [5.41, 5.74) is 1.48. The number of hydrogen-bond acceptors (Lipinski definition) is 2. The number of benzene rings is 2. The summed E-state index contributed by atoms with van der Waals surface area (Å²) in [5, 5.41) is 0. The predicted octanol–water partition coefficient (Wildman–Crippen LogP) is 7.46. The van der Waals surface area contributed by atoms with E-state index in [4.69, 9.17) is 4.74 Å². The van der Waals surface area contributed by atoms with Crippen LogP contribution in [0.3, 0.4) is 0 Å². The van der Waals surface area contributed by atoms with Crippen molar-refractivity contribution >= 4 is 5.69 Å². The van der Waals surface area contributed by atoms with Crippen LogP contribution in [0.25, 0.3) is 11.1 Å². The molecule has 3 rings (SSSR count). The highest BCUT2D eigenvalue weighted by Crippen LogP contribution is 2.39. The Labute approximate surface area is 180 Å². The van der Waals surface area contributed by atoms with E-state index in [1.807, 2.05) is 31.2 Å². The molecule has 164 valence electrons. The Morgan fingerprint density at radius 1 is 1.03 bits per heavy atom. The Bertz CT molecular complexity index is 851. The average molecular weight is 416 g/mol. The van der Waals surface area contributed by atoms with Crippen LogP contribution in [0, 0.1) is 23.0 Å². The lowest BCUT2D eigenvalue weighted by atomic mass is 9.72. The number of ether oxygens (including phenoxy) is 1. The van der Waals surface area contributed by atoms with Gasteiger partial charge in [-0.3, -0.25) is 0 Å². The van der Waals surface area contributed by atoms with Crippen molar-refractivity contribution in [1.82, 2.24) is 0 Å². The second kappa shape index (κ2) is 9.36. The van der Waals surface area contributed by atoms with Crippen molar-refractivity contribution in [2.24, 2.45) is 11.3 Å². The largest absolute Gasteiger partial charge is 0.490 e. The van der Waals surface area contributed by atoms with Gasteiger partial charge in [0.15, 0.2) is 5.82 Å². The smallest absolute Gasteiger partial charge is 0.157 e. The van der Waals surface area contributed by atoms with Crippen LogP contribution in [0.1, 0.15) is 59.8 Å².